The molecule has 0 radical (unpaired) electrons. The molecule has 2 aromatic rings. The lowest BCUT2D eigenvalue weighted by Gasteiger charge is -2.07. The Bertz CT molecular complexity index is 410. The second-order valence-corrected chi connectivity index (χ2v) is 4.04. The molecule has 1 aromatic carbocycles. The van der Waals surface area contributed by atoms with E-state index in [1.807, 2.05) is 13.1 Å². The van der Waals surface area contributed by atoms with Crippen molar-refractivity contribution in [3.63, 3.8) is 0 Å². The van der Waals surface area contributed by atoms with Crippen molar-refractivity contribution in [2.75, 3.05) is 6.61 Å². The topological polar surface area (TPSA) is 33.1 Å². The molecule has 1 unspecified atom stereocenters. The molecule has 2 rings (SSSR count). The summed E-state index contributed by atoms with van der Waals surface area (Å²) in [6.07, 6.45) is 1.87. The van der Waals surface area contributed by atoms with Gasteiger partial charge >= 0.3 is 0 Å². The van der Waals surface area contributed by atoms with Gasteiger partial charge in [0.15, 0.2) is 0 Å². The third kappa shape index (κ3) is 1.57. The van der Waals surface area contributed by atoms with Crippen molar-refractivity contribution in [2.45, 2.75) is 12.8 Å². The molecule has 68 valence electrons. The van der Waals surface area contributed by atoms with Crippen LogP contribution in [0.15, 0.2) is 24.4 Å². The molecule has 0 saturated heterocycles. The van der Waals surface area contributed by atoms with Crippen LogP contribution in [0.4, 0.5) is 0 Å². The van der Waals surface area contributed by atoms with Gasteiger partial charge in [-0.2, -0.15) is 4.37 Å². The average molecular weight is 193 g/mol. The van der Waals surface area contributed by atoms with Crippen LogP contribution in [0.5, 0.6) is 0 Å². The van der Waals surface area contributed by atoms with Crippen molar-refractivity contribution in [3.8, 4) is 0 Å². The second-order valence-electron chi connectivity index (χ2n) is 3.21. The molecule has 1 aromatic heterocycles. The van der Waals surface area contributed by atoms with Gasteiger partial charge in [-0.05, 0) is 23.2 Å². The summed E-state index contributed by atoms with van der Waals surface area (Å²) in [4.78, 5) is 0. The van der Waals surface area contributed by atoms with Crippen LogP contribution in [0, 0.1) is 0 Å². The van der Waals surface area contributed by atoms with Crippen molar-refractivity contribution in [1.29, 1.82) is 0 Å². The molecule has 0 aliphatic heterocycles. The van der Waals surface area contributed by atoms with E-state index in [9.17, 15) is 0 Å². The molecule has 1 atom stereocenters. The Morgan fingerprint density at radius 1 is 1.54 bits per heavy atom. The average Bonchev–Trinajstić information content (AvgIpc) is 2.63. The predicted molar refractivity (Wildman–Crippen MR) is 55.1 cm³/mol. The fourth-order valence-electron chi connectivity index (χ4n) is 1.29. The third-order valence-corrected chi connectivity index (χ3v) is 2.98. The van der Waals surface area contributed by atoms with E-state index in [0.29, 0.717) is 0 Å². The summed E-state index contributed by atoms with van der Waals surface area (Å²) in [6.45, 7) is 2.21. The first-order valence-corrected chi connectivity index (χ1v) is 5.04. The van der Waals surface area contributed by atoms with Crippen molar-refractivity contribution in [3.05, 3.63) is 30.0 Å². The summed E-state index contributed by atoms with van der Waals surface area (Å²) in [5.74, 6) is 0.214. The molecule has 0 amide bonds. The zero-order valence-electron chi connectivity index (χ0n) is 7.40. The molecule has 0 spiro atoms. The predicted octanol–water partition coefficient (Wildman–Crippen LogP) is 2.39. The molecule has 0 bridgehead atoms. The summed E-state index contributed by atoms with van der Waals surface area (Å²) < 4.78 is 5.30. The fourth-order valence-corrected chi connectivity index (χ4v) is 1.98. The zero-order valence-corrected chi connectivity index (χ0v) is 8.21. The van der Waals surface area contributed by atoms with E-state index in [1.165, 1.54) is 27.2 Å². The Morgan fingerprint density at radius 3 is 3.15 bits per heavy atom. The van der Waals surface area contributed by atoms with E-state index < -0.39 is 0 Å². The Balaban J connectivity index is 2.48. The van der Waals surface area contributed by atoms with E-state index in [2.05, 4.69) is 22.6 Å². The van der Waals surface area contributed by atoms with Crippen molar-refractivity contribution >= 4 is 21.6 Å². The number of fused-ring (bicyclic) bond motifs is 1. The quantitative estimate of drug-likeness (QED) is 0.794. The van der Waals surface area contributed by atoms with E-state index in [1.54, 1.807) is 0 Å². The van der Waals surface area contributed by atoms with Crippen LogP contribution in [0.2, 0.25) is 0 Å². The zero-order chi connectivity index (χ0) is 9.26. The summed E-state index contributed by atoms with van der Waals surface area (Å²) in [5, 5.41) is 10.2. The highest BCUT2D eigenvalue weighted by Crippen LogP contribution is 2.23. The van der Waals surface area contributed by atoms with Crippen LogP contribution in [-0.2, 0) is 0 Å². The Morgan fingerprint density at radius 2 is 2.38 bits per heavy atom. The highest BCUT2D eigenvalue weighted by atomic mass is 32.1. The van der Waals surface area contributed by atoms with Crippen molar-refractivity contribution < 1.29 is 5.11 Å². The highest BCUT2D eigenvalue weighted by molar-refractivity contribution is 7.13. The smallest absolute Gasteiger partial charge is 0.0552 e. The van der Waals surface area contributed by atoms with E-state index in [0.717, 1.165) is 0 Å². The summed E-state index contributed by atoms with van der Waals surface area (Å²) in [6, 6.07) is 6.21. The molecule has 3 heteroatoms. The molecule has 0 aliphatic rings. The van der Waals surface area contributed by atoms with Crippen LogP contribution < -0.4 is 0 Å². The number of hydrogen-bond acceptors (Lipinski definition) is 3. The Labute approximate surface area is 81.0 Å². The Hall–Kier alpha value is -0.930. The van der Waals surface area contributed by atoms with Crippen molar-refractivity contribution in [1.82, 2.24) is 4.37 Å². The summed E-state index contributed by atoms with van der Waals surface area (Å²) in [7, 11) is 0. The van der Waals surface area contributed by atoms with Crippen LogP contribution in [0.1, 0.15) is 18.4 Å². The van der Waals surface area contributed by atoms with E-state index >= 15 is 0 Å². The lowest BCUT2D eigenvalue weighted by atomic mass is 10.0. The molecule has 1 heterocycles. The minimum absolute atomic E-state index is 0.199. The summed E-state index contributed by atoms with van der Waals surface area (Å²) in [5.41, 5.74) is 1.18. The number of benzene rings is 1. The maximum atomic E-state index is 9.00. The maximum Gasteiger partial charge on any atom is 0.0552 e. The fraction of sp³-hybridized carbons (Fsp3) is 0.300. The van der Waals surface area contributed by atoms with Gasteiger partial charge in [0.2, 0.25) is 0 Å². The minimum Gasteiger partial charge on any atom is -0.396 e. The number of hydrogen-bond donors (Lipinski definition) is 1. The lowest BCUT2D eigenvalue weighted by Crippen LogP contribution is -1.97. The van der Waals surface area contributed by atoms with Crippen molar-refractivity contribution in [2.24, 2.45) is 0 Å². The van der Waals surface area contributed by atoms with Gasteiger partial charge in [0.1, 0.15) is 0 Å². The Kier molecular flexibility index (Phi) is 2.29. The first-order chi connectivity index (χ1) is 6.31. The SMILES string of the molecule is CC(CO)c1ccc2cnsc2c1. The normalized spacial score (nSPS) is 13.4. The largest absolute Gasteiger partial charge is 0.396 e. The van der Waals surface area contributed by atoms with Gasteiger partial charge in [0.05, 0.1) is 4.70 Å². The molecular formula is C10H11NOS. The number of aliphatic hydroxyl groups is 1. The van der Waals surface area contributed by atoms with Crippen LogP contribution >= 0.6 is 11.5 Å². The third-order valence-electron chi connectivity index (χ3n) is 2.22. The molecular weight excluding hydrogens is 182 g/mol. The van der Waals surface area contributed by atoms with Gasteiger partial charge in [0, 0.05) is 24.1 Å². The van der Waals surface area contributed by atoms with Crippen LogP contribution in [-0.4, -0.2) is 16.1 Å². The minimum atomic E-state index is 0.199. The first-order valence-electron chi connectivity index (χ1n) is 4.26. The van der Waals surface area contributed by atoms with Gasteiger partial charge < -0.3 is 5.11 Å². The first kappa shape index (κ1) is 8.66. The van der Waals surface area contributed by atoms with Gasteiger partial charge in [-0.3, -0.25) is 0 Å². The maximum absolute atomic E-state index is 9.00. The van der Waals surface area contributed by atoms with E-state index in [4.69, 9.17) is 5.11 Å². The number of rotatable bonds is 2. The van der Waals surface area contributed by atoms with Crippen LogP contribution in [0.3, 0.4) is 0 Å². The molecule has 0 saturated carbocycles. The highest BCUT2D eigenvalue weighted by Gasteiger charge is 2.05. The monoisotopic (exact) mass is 193 g/mol. The van der Waals surface area contributed by atoms with E-state index in [-0.39, 0.29) is 12.5 Å². The second kappa shape index (κ2) is 3.44. The molecule has 2 nitrogen and oxygen atoms in total. The number of aromatic nitrogens is 1. The number of nitrogens with zero attached hydrogens (tertiary/aromatic N) is 1. The van der Waals surface area contributed by atoms with Gasteiger partial charge in [-0.15, -0.1) is 0 Å². The van der Waals surface area contributed by atoms with Gasteiger partial charge in [-0.25, -0.2) is 0 Å². The molecule has 0 fully saturated rings. The molecule has 0 aliphatic carbocycles. The number of aliphatic hydroxyl groups excluding tert-OH is 1. The van der Waals surface area contributed by atoms with Crippen LogP contribution in [0.25, 0.3) is 10.1 Å². The summed E-state index contributed by atoms with van der Waals surface area (Å²) >= 11 is 1.50. The molecule has 1 N–H and O–H groups in total. The standard InChI is InChI=1S/C10H11NOS/c1-7(6-12)8-2-3-9-5-11-13-10(9)4-8/h2-5,7,12H,6H2,1H3. The van der Waals surface area contributed by atoms with Gasteiger partial charge in [0.25, 0.3) is 0 Å². The lowest BCUT2D eigenvalue weighted by molar-refractivity contribution is 0.273. The van der Waals surface area contributed by atoms with Gasteiger partial charge in [-0.1, -0.05) is 19.1 Å². The molecule has 13 heavy (non-hydrogen) atoms.